The van der Waals surface area contributed by atoms with Crippen LogP contribution >= 0.6 is 0 Å². The minimum Gasteiger partial charge on any atom is -0.488 e. The zero-order chi connectivity index (χ0) is 40.5. The number of urea groups is 1. The van der Waals surface area contributed by atoms with Gasteiger partial charge in [0.2, 0.25) is 21.9 Å². The van der Waals surface area contributed by atoms with Crippen molar-refractivity contribution in [2.45, 2.75) is 74.6 Å². The van der Waals surface area contributed by atoms with Crippen molar-refractivity contribution in [3.8, 4) is 11.8 Å². The number of rotatable bonds is 11. The first kappa shape index (κ1) is 39.9. The van der Waals surface area contributed by atoms with E-state index in [1.54, 1.807) is 4.68 Å². The van der Waals surface area contributed by atoms with Crippen LogP contribution in [-0.4, -0.2) is 101 Å². The van der Waals surface area contributed by atoms with E-state index in [1.165, 1.54) is 33.0 Å². The second kappa shape index (κ2) is 16.3. The van der Waals surface area contributed by atoms with Crippen molar-refractivity contribution in [2.24, 2.45) is 7.05 Å². The first-order valence-electron chi connectivity index (χ1n) is 18.9. The van der Waals surface area contributed by atoms with Gasteiger partial charge in [-0.25, -0.2) is 23.2 Å². The third kappa shape index (κ3) is 8.67. The maximum absolute atomic E-state index is 13.7. The van der Waals surface area contributed by atoms with Gasteiger partial charge in [-0.3, -0.25) is 24.6 Å². The lowest BCUT2D eigenvalue weighted by Crippen LogP contribution is -2.49. The molecule has 3 aliphatic rings. The number of likely N-dealkylation sites (tertiary alicyclic amines) is 1. The molecule has 1 atom stereocenters. The second-order valence-corrected chi connectivity index (χ2v) is 16.5. The third-order valence-corrected chi connectivity index (χ3v) is 12.8. The lowest BCUT2D eigenvalue weighted by molar-refractivity contribution is -0.138. The number of hydrogen-bond donors (Lipinski definition) is 2. The van der Waals surface area contributed by atoms with Crippen LogP contribution in [0.1, 0.15) is 68.1 Å². The SMILES string of the molecule is CCC(CN1CCC(c2ccc3c(N4CCC(=O)NC4=O)nn(C)c3c2)CC1)Oc1cc(S(=O)(=O)N2CCC(Nc3ncc(C(F)(F)F)cn3)CC2)ccc1C#N. The number of carbonyl (C=O) groups is 2. The van der Waals surface area contributed by atoms with Crippen LogP contribution in [0.5, 0.6) is 5.75 Å². The number of aryl methyl sites for hydroxylation is 1. The molecule has 3 saturated heterocycles. The number of piperidine rings is 2. The van der Waals surface area contributed by atoms with E-state index in [1.807, 2.05) is 20.0 Å². The van der Waals surface area contributed by atoms with E-state index in [4.69, 9.17) is 4.74 Å². The normalized spacial score (nSPS) is 18.7. The Bertz CT molecular complexity index is 2280. The Kier molecular flexibility index (Phi) is 11.4. The number of nitrogens with zero attached hydrogens (tertiary/aromatic N) is 8. The van der Waals surface area contributed by atoms with Crippen LogP contribution < -0.4 is 20.3 Å². The number of benzene rings is 2. The van der Waals surface area contributed by atoms with Gasteiger partial charge in [-0.2, -0.15) is 27.8 Å². The Morgan fingerprint density at radius 1 is 1.02 bits per heavy atom. The van der Waals surface area contributed by atoms with Gasteiger partial charge in [0.05, 0.1) is 21.5 Å². The molecule has 302 valence electrons. The maximum atomic E-state index is 13.7. The van der Waals surface area contributed by atoms with Crippen LogP contribution in [0.4, 0.5) is 29.7 Å². The van der Waals surface area contributed by atoms with Crippen molar-refractivity contribution in [3.05, 3.63) is 65.5 Å². The molecule has 19 heteroatoms. The summed E-state index contributed by atoms with van der Waals surface area (Å²) in [5.74, 6) is 0.784. The average Bonchev–Trinajstić information content (AvgIpc) is 3.52. The van der Waals surface area contributed by atoms with Crippen LogP contribution in [0, 0.1) is 11.3 Å². The summed E-state index contributed by atoms with van der Waals surface area (Å²) in [7, 11) is -2.10. The number of ether oxygens (including phenoxy) is 1. The van der Waals surface area contributed by atoms with Crippen LogP contribution in [-0.2, 0) is 28.0 Å². The van der Waals surface area contributed by atoms with Gasteiger partial charge >= 0.3 is 12.2 Å². The van der Waals surface area contributed by atoms with E-state index >= 15 is 0 Å². The van der Waals surface area contributed by atoms with Crippen molar-refractivity contribution in [1.82, 2.24) is 34.3 Å². The monoisotopic (exact) mass is 808 g/mol. The molecule has 2 aromatic carbocycles. The molecule has 0 radical (unpaired) electrons. The highest BCUT2D eigenvalue weighted by Crippen LogP contribution is 2.35. The fraction of sp³-hybridized carbons (Fsp3) is 0.474. The van der Waals surface area contributed by atoms with Gasteiger partial charge in [0.15, 0.2) is 5.82 Å². The Balaban J connectivity index is 0.944. The summed E-state index contributed by atoms with van der Waals surface area (Å²) in [5.41, 5.74) is 1.36. The number of imide groups is 1. The lowest BCUT2D eigenvalue weighted by Gasteiger charge is -2.34. The molecule has 4 aromatic rings. The number of anilines is 2. The Morgan fingerprint density at radius 2 is 1.74 bits per heavy atom. The molecule has 3 aliphatic heterocycles. The molecular formula is C38H43F3N10O5S. The smallest absolute Gasteiger partial charge is 0.419 e. The predicted octanol–water partition coefficient (Wildman–Crippen LogP) is 5.00. The summed E-state index contributed by atoms with van der Waals surface area (Å²) in [5, 5.41) is 20.7. The van der Waals surface area contributed by atoms with Gasteiger partial charge in [-0.1, -0.05) is 13.0 Å². The van der Waals surface area contributed by atoms with Crippen LogP contribution in [0.25, 0.3) is 10.9 Å². The average molecular weight is 809 g/mol. The van der Waals surface area contributed by atoms with Gasteiger partial charge in [-0.15, -0.1) is 0 Å². The maximum Gasteiger partial charge on any atom is 0.419 e. The largest absolute Gasteiger partial charge is 0.488 e. The molecule has 7 rings (SSSR count). The molecule has 1 unspecified atom stereocenters. The molecule has 0 spiro atoms. The number of alkyl halides is 3. The number of carbonyl (C=O) groups excluding carboxylic acids is 2. The molecule has 3 amide bonds. The molecule has 15 nitrogen and oxygen atoms in total. The van der Waals surface area contributed by atoms with Crippen molar-refractivity contribution < 1.29 is 35.9 Å². The number of nitriles is 1. The number of sulfonamides is 1. The minimum absolute atomic E-state index is 0.0106. The summed E-state index contributed by atoms with van der Waals surface area (Å²) in [6.45, 7) is 4.83. The van der Waals surface area contributed by atoms with E-state index in [-0.39, 0.29) is 66.3 Å². The number of halogens is 3. The topological polar surface area (TPSA) is 179 Å². The van der Waals surface area contributed by atoms with Gasteiger partial charge < -0.3 is 10.1 Å². The minimum atomic E-state index is -4.54. The van der Waals surface area contributed by atoms with Crippen LogP contribution in [0.2, 0.25) is 0 Å². The lowest BCUT2D eigenvalue weighted by atomic mass is 9.89. The van der Waals surface area contributed by atoms with E-state index in [0.29, 0.717) is 49.9 Å². The van der Waals surface area contributed by atoms with Crippen LogP contribution in [0.3, 0.4) is 0 Å². The highest BCUT2D eigenvalue weighted by Gasteiger charge is 2.34. The molecule has 0 bridgehead atoms. The van der Waals surface area contributed by atoms with Crippen molar-refractivity contribution in [1.29, 1.82) is 5.26 Å². The number of amides is 3. The van der Waals surface area contributed by atoms with E-state index < -0.39 is 27.8 Å². The predicted molar refractivity (Wildman–Crippen MR) is 203 cm³/mol. The number of fused-ring (bicyclic) bond motifs is 1. The molecular weight excluding hydrogens is 766 g/mol. The molecule has 0 saturated carbocycles. The number of hydrogen-bond acceptors (Lipinski definition) is 11. The van der Waals surface area contributed by atoms with Crippen molar-refractivity contribution >= 4 is 44.6 Å². The fourth-order valence-electron chi connectivity index (χ4n) is 7.62. The summed E-state index contributed by atoms with van der Waals surface area (Å²) >= 11 is 0. The van der Waals surface area contributed by atoms with Gasteiger partial charge in [-0.05, 0) is 80.9 Å². The zero-order valence-electron chi connectivity index (χ0n) is 31.5. The summed E-state index contributed by atoms with van der Waals surface area (Å²) < 4.78 is 75.6. The molecule has 57 heavy (non-hydrogen) atoms. The van der Waals surface area contributed by atoms with Crippen molar-refractivity contribution in [3.63, 3.8) is 0 Å². The van der Waals surface area contributed by atoms with Gasteiger partial charge in [0.25, 0.3) is 0 Å². The second-order valence-electron chi connectivity index (χ2n) is 14.6. The Labute approximate surface area is 327 Å². The molecule has 0 aliphatic carbocycles. The molecule has 3 fully saturated rings. The standard InChI is InChI=1S/C38H43F3N10O5S/c1-3-29(23-49-13-8-24(9-14-49)25-5-7-31-32(18-25)48(2)47-35(31)51-17-12-34(52)46-37(51)53)56-33-19-30(6-4-26(33)20-42)57(54,55)50-15-10-28(11-16-50)45-36-43-21-27(22-44-36)38(39,40)41/h4-7,18-19,21-22,24,28-29H,3,8-17,23H2,1-2H3,(H,43,44,45)(H,46,52,53). The first-order chi connectivity index (χ1) is 27.2. The Hall–Kier alpha value is -5.32. The highest BCUT2D eigenvalue weighted by atomic mass is 32.2. The van der Waals surface area contributed by atoms with Crippen molar-refractivity contribution in [2.75, 3.05) is 49.5 Å². The van der Waals surface area contributed by atoms with E-state index in [2.05, 4.69) is 48.8 Å². The highest BCUT2D eigenvalue weighted by molar-refractivity contribution is 7.89. The number of nitrogens with one attached hydrogen (secondary N) is 2. The van der Waals surface area contributed by atoms with Crippen LogP contribution in [0.15, 0.2) is 53.7 Å². The van der Waals surface area contributed by atoms with Gasteiger partial charge in [0.1, 0.15) is 17.9 Å². The molecule has 2 aromatic heterocycles. The molecule has 2 N–H and O–H groups in total. The fourth-order valence-corrected chi connectivity index (χ4v) is 9.10. The number of aromatic nitrogens is 4. The first-order valence-corrected chi connectivity index (χ1v) is 20.3. The Morgan fingerprint density at radius 3 is 2.39 bits per heavy atom. The summed E-state index contributed by atoms with van der Waals surface area (Å²) in [4.78, 5) is 35.5. The van der Waals surface area contributed by atoms with Gasteiger partial charge in [0, 0.05) is 69.5 Å². The van der Waals surface area contributed by atoms with E-state index in [9.17, 15) is 36.4 Å². The molecule has 5 heterocycles. The third-order valence-electron chi connectivity index (χ3n) is 10.9. The summed E-state index contributed by atoms with van der Waals surface area (Å²) in [6.07, 6.45) is 0.0146. The quantitative estimate of drug-likeness (QED) is 0.208. The van der Waals surface area contributed by atoms with E-state index in [0.717, 1.165) is 36.8 Å². The zero-order valence-corrected chi connectivity index (χ0v) is 32.3. The summed E-state index contributed by atoms with van der Waals surface area (Å²) in [6, 6.07) is 11.9.